The molecule has 3 nitrogen and oxygen atoms in total. The summed E-state index contributed by atoms with van der Waals surface area (Å²) in [7, 11) is 1.79. The average Bonchev–Trinajstić information content (AvgIpc) is 2.75. The van der Waals surface area contributed by atoms with Crippen LogP contribution in [0.4, 0.5) is 5.69 Å². The molecule has 2 heterocycles. The van der Waals surface area contributed by atoms with E-state index in [9.17, 15) is 0 Å². The first-order valence-corrected chi connectivity index (χ1v) is 8.44. The molecule has 2 aliphatic heterocycles. The molecular weight excluding hydrogens is 260 g/mol. The van der Waals surface area contributed by atoms with Crippen molar-refractivity contribution in [3.63, 3.8) is 0 Å². The van der Waals surface area contributed by atoms with Crippen molar-refractivity contribution in [3.05, 3.63) is 29.8 Å². The van der Waals surface area contributed by atoms with E-state index in [0.717, 1.165) is 19.1 Å². The molecule has 1 atom stereocenters. The molecule has 0 N–H and O–H groups in total. The van der Waals surface area contributed by atoms with Crippen LogP contribution in [0, 0.1) is 0 Å². The number of ether oxygens (including phenoxy) is 1. The Morgan fingerprint density at radius 3 is 2.86 bits per heavy atom. The summed E-state index contributed by atoms with van der Waals surface area (Å²) in [5, 5.41) is 0. The van der Waals surface area contributed by atoms with E-state index in [-0.39, 0.29) is 0 Å². The van der Waals surface area contributed by atoms with Crippen LogP contribution in [0.5, 0.6) is 0 Å². The molecule has 0 saturated carbocycles. The maximum atomic E-state index is 5.27. The quantitative estimate of drug-likeness (QED) is 0.847. The first-order valence-electron chi connectivity index (χ1n) is 8.44. The maximum Gasteiger partial charge on any atom is 0.0503 e. The number of rotatable bonds is 4. The first kappa shape index (κ1) is 14.9. The summed E-state index contributed by atoms with van der Waals surface area (Å²) in [6.45, 7) is 5.78. The van der Waals surface area contributed by atoms with Gasteiger partial charge in [-0.15, -0.1) is 0 Å². The van der Waals surface area contributed by atoms with Crippen LogP contribution in [0.2, 0.25) is 0 Å². The predicted octanol–water partition coefficient (Wildman–Crippen LogP) is 2.94. The molecule has 21 heavy (non-hydrogen) atoms. The SMILES string of the molecule is COCCc1ccccc1N1CCCN2CCCCC2C1. The lowest BCUT2D eigenvalue weighted by atomic mass is 10.0. The molecule has 2 saturated heterocycles. The first-order chi connectivity index (χ1) is 10.4. The lowest BCUT2D eigenvalue weighted by Crippen LogP contribution is -2.44. The van der Waals surface area contributed by atoms with Crippen LogP contribution in [0.3, 0.4) is 0 Å². The third kappa shape index (κ3) is 3.58. The summed E-state index contributed by atoms with van der Waals surface area (Å²) < 4.78 is 5.27. The van der Waals surface area contributed by atoms with Gasteiger partial charge in [-0.2, -0.15) is 0 Å². The number of methoxy groups -OCH3 is 1. The molecule has 0 aliphatic carbocycles. The fraction of sp³-hybridized carbons (Fsp3) is 0.667. The van der Waals surface area contributed by atoms with Gasteiger partial charge >= 0.3 is 0 Å². The lowest BCUT2D eigenvalue weighted by Gasteiger charge is -2.36. The van der Waals surface area contributed by atoms with Gasteiger partial charge in [0.15, 0.2) is 0 Å². The summed E-state index contributed by atoms with van der Waals surface area (Å²) in [6.07, 6.45) is 6.46. The Bertz CT molecular complexity index is 449. The zero-order chi connectivity index (χ0) is 14.5. The van der Waals surface area contributed by atoms with Crippen LogP contribution < -0.4 is 4.90 Å². The molecule has 0 radical (unpaired) electrons. The number of anilines is 1. The Hall–Kier alpha value is -1.06. The summed E-state index contributed by atoms with van der Waals surface area (Å²) in [5.74, 6) is 0. The highest BCUT2D eigenvalue weighted by molar-refractivity contribution is 5.54. The third-order valence-electron chi connectivity index (χ3n) is 4.96. The van der Waals surface area contributed by atoms with Gasteiger partial charge in [-0.1, -0.05) is 24.6 Å². The largest absolute Gasteiger partial charge is 0.384 e. The number of piperidine rings is 1. The zero-order valence-electron chi connectivity index (χ0n) is 13.3. The van der Waals surface area contributed by atoms with Crippen LogP contribution in [0.25, 0.3) is 0 Å². The Morgan fingerprint density at radius 2 is 1.95 bits per heavy atom. The fourth-order valence-corrected chi connectivity index (χ4v) is 3.83. The molecule has 0 bridgehead atoms. The van der Waals surface area contributed by atoms with E-state index in [1.165, 1.54) is 63.1 Å². The van der Waals surface area contributed by atoms with Gasteiger partial charge in [-0.05, 0) is 43.9 Å². The summed E-state index contributed by atoms with van der Waals surface area (Å²) in [4.78, 5) is 5.35. The van der Waals surface area contributed by atoms with E-state index < -0.39 is 0 Å². The van der Waals surface area contributed by atoms with Crippen LogP contribution in [-0.2, 0) is 11.2 Å². The minimum atomic E-state index is 0.761. The molecule has 0 amide bonds. The van der Waals surface area contributed by atoms with E-state index >= 15 is 0 Å². The third-order valence-corrected chi connectivity index (χ3v) is 4.96. The molecule has 1 unspecified atom stereocenters. The number of nitrogens with zero attached hydrogens (tertiary/aromatic N) is 2. The molecular formula is C18H28N2O. The van der Waals surface area contributed by atoms with Gasteiger partial charge in [0.05, 0.1) is 6.61 Å². The summed E-state index contributed by atoms with van der Waals surface area (Å²) >= 11 is 0. The number of fused-ring (bicyclic) bond motifs is 1. The van der Waals surface area contributed by atoms with Gasteiger partial charge in [-0.25, -0.2) is 0 Å². The van der Waals surface area contributed by atoms with Crippen LogP contribution >= 0.6 is 0 Å². The highest BCUT2D eigenvalue weighted by Gasteiger charge is 2.27. The zero-order valence-corrected chi connectivity index (χ0v) is 13.3. The number of hydrogen-bond acceptors (Lipinski definition) is 3. The van der Waals surface area contributed by atoms with Crippen molar-refractivity contribution in [1.82, 2.24) is 4.90 Å². The Kier molecular flexibility index (Phi) is 5.15. The topological polar surface area (TPSA) is 15.7 Å². The van der Waals surface area contributed by atoms with Crippen molar-refractivity contribution in [3.8, 4) is 0 Å². The summed E-state index contributed by atoms with van der Waals surface area (Å²) in [6, 6.07) is 9.65. The van der Waals surface area contributed by atoms with Gasteiger partial charge in [0.25, 0.3) is 0 Å². The van der Waals surface area contributed by atoms with Gasteiger partial charge in [0, 0.05) is 38.5 Å². The maximum absolute atomic E-state index is 5.27. The predicted molar refractivity (Wildman–Crippen MR) is 88.1 cm³/mol. The molecule has 116 valence electrons. The Balaban J connectivity index is 1.76. The molecule has 3 heteroatoms. The van der Waals surface area contributed by atoms with Gasteiger partial charge in [0.1, 0.15) is 0 Å². The second kappa shape index (κ2) is 7.28. The van der Waals surface area contributed by atoms with Gasteiger partial charge in [-0.3, -0.25) is 4.90 Å². The van der Waals surface area contributed by atoms with E-state index in [1.807, 2.05) is 0 Å². The number of hydrogen-bond donors (Lipinski definition) is 0. The van der Waals surface area contributed by atoms with Crippen molar-refractivity contribution in [2.45, 2.75) is 38.1 Å². The molecule has 3 rings (SSSR count). The van der Waals surface area contributed by atoms with E-state index in [1.54, 1.807) is 7.11 Å². The Morgan fingerprint density at radius 1 is 1.10 bits per heavy atom. The molecule has 1 aromatic rings. The second-order valence-corrected chi connectivity index (χ2v) is 6.36. The molecule has 2 fully saturated rings. The van der Waals surface area contributed by atoms with Crippen molar-refractivity contribution < 1.29 is 4.74 Å². The van der Waals surface area contributed by atoms with E-state index in [2.05, 4.69) is 34.1 Å². The van der Waals surface area contributed by atoms with Crippen molar-refractivity contribution in [2.24, 2.45) is 0 Å². The molecule has 1 aromatic carbocycles. The van der Waals surface area contributed by atoms with Crippen LogP contribution in [0.15, 0.2) is 24.3 Å². The Labute approximate surface area is 128 Å². The minimum Gasteiger partial charge on any atom is -0.384 e. The number of benzene rings is 1. The molecule has 0 spiro atoms. The molecule has 0 aromatic heterocycles. The van der Waals surface area contributed by atoms with Crippen molar-refractivity contribution >= 4 is 5.69 Å². The second-order valence-electron chi connectivity index (χ2n) is 6.36. The molecule has 2 aliphatic rings. The average molecular weight is 288 g/mol. The standard InChI is InChI=1S/C18H28N2O/c1-21-14-10-16-7-2-3-9-18(16)20-13-6-12-19-11-5-4-8-17(19)15-20/h2-3,7,9,17H,4-6,8,10-15H2,1H3. The minimum absolute atomic E-state index is 0.761. The van der Waals surface area contributed by atoms with E-state index in [4.69, 9.17) is 4.74 Å². The number of para-hydroxylation sites is 1. The summed E-state index contributed by atoms with van der Waals surface area (Å²) in [5.41, 5.74) is 2.87. The lowest BCUT2D eigenvalue weighted by molar-refractivity contribution is 0.162. The highest BCUT2D eigenvalue weighted by Crippen LogP contribution is 2.27. The van der Waals surface area contributed by atoms with Crippen LogP contribution in [0.1, 0.15) is 31.2 Å². The van der Waals surface area contributed by atoms with Crippen LogP contribution in [-0.4, -0.2) is 50.8 Å². The van der Waals surface area contributed by atoms with Crippen molar-refractivity contribution in [2.75, 3.05) is 44.8 Å². The smallest absolute Gasteiger partial charge is 0.0503 e. The monoisotopic (exact) mass is 288 g/mol. The van der Waals surface area contributed by atoms with Gasteiger partial charge in [0.2, 0.25) is 0 Å². The van der Waals surface area contributed by atoms with Gasteiger partial charge < -0.3 is 9.64 Å². The normalized spacial score (nSPS) is 23.7. The fourth-order valence-electron chi connectivity index (χ4n) is 3.83. The highest BCUT2D eigenvalue weighted by atomic mass is 16.5. The van der Waals surface area contributed by atoms with Crippen molar-refractivity contribution in [1.29, 1.82) is 0 Å². The van der Waals surface area contributed by atoms with E-state index in [0.29, 0.717) is 0 Å².